The molecule has 4 N–H and O–H groups in total. The second-order valence-corrected chi connectivity index (χ2v) is 6.14. The smallest absolute Gasteiger partial charge is 0.407 e. The minimum absolute atomic E-state index is 0.138. The number of hydrogen-bond acceptors (Lipinski definition) is 5. The largest absolute Gasteiger partial charge is 0.494 e. The summed E-state index contributed by atoms with van der Waals surface area (Å²) in [4.78, 5) is 12.2. The first-order valence-corrected chi connectivity index (χ1v) is 9.31. The fourth-order valence-corrected chi connectivity index (χ4v) is 2.72. The van der Waals surface area contributed by atoms with Gasteiger partial charge in [-0.3, -0.25) is 0 Å². The minimum Gasteiger partial charge on any atom is -0.494 e. The van der Waals surface area contributed by atoms with E-state index in [9.17, 15) is 4.79 Å². The van der Waals surface area contributed by atoms with Crippen LogP contribution in [0.5, 0.6) is 5.75 Å². The van der Waals surface area contributed by atoms with Crippen LogP contribution in [-0.4, -0.2) is 38.4 Å². The summed E-state index contributed by atoms with van der Waals surface area (Å²) >= 11 is 0. The Morgan fingerprint density at radius 1 is 1.11 bits per heavy atom. The van der Waals surface area contributed by atoms with Crippen molar-refractivity contribution in [2.24, 2.45) is 5.73 Å². The zero-order valence-corrected chi connectivity index (χ0v) is 15.8. The molecule has 2 aromatic rings. The summed E-state index contributed by atoms with van der Waals surface area (Å²) in [5, 5.41) is 6.19. The Morgan fingerprint density at radius 2 is 1.85 bits per heavy atom. The van der Waals surface area contributed by atoms with Gasteiger partial charge in [0.25, 0.3) is 0 Å². The van der Waals surface area contributed by atoms with E-state index in [1.165, 1.54) is 0 Å². The van der Waals surface area contributed by atoms with Crippen LogP contribution in [0.1, 0.15) is 18.1 Å². The van der Waals surface area contributed by atoms with Crippen molar-refractivity contribution in [3.05, 3.63) is 65.7 Å². The first-order valence-electron chi connectivity index (χ1n) is 9.31. The number of ether oxygens (including phenoxy) is 2. The van der Waals surface area contributed by atoms with Crippen LogP contribution < -0.4 is 21.1 Å². The highest BCUT2D eigenvalue weighted by Crippen LogP contribution is 2.19. The molecule has 0 aliphatic carbocycles. The maximum absolute atomic E-state index is 12.2. The van der Waals surface area contributed by atoms with Crippen LogP contribution in [0.3, 0.4) is 0 Å². The van der Waals surface area contributed by atoms with Crippen molar-refractivity contribution in [1.82, 2.24) is 10.6 Å². The summed E-state index contributed by atoms with van der Waals surface area (Å²) in [6.07, 6.45) is 0.195. The Balaban J connectivity index is 1.95. The maximum atomic E-state index is 12.2. The topological polar surface area (TPSA) is 85.6 Å². The third kappa shape index (κ3) is 7.68. The van der Waals surface area contributed by atoms with Crippen LogP contribution in [-0.2, 0) is 17.8 Å². The highest BCUT2D eigenvalue weighted by molar-refractivity contribution is 5.67. The van der Waals surface area contributed by atoms with Gasteiger partial charge in [-0.1, -0.05) is 48.5 Å². The van der Waals surface area contributed by atoms with Gasteiger partial charge in [0.05, 0.1) is 6.61 Å². The molecular weight excluding hydrogens is 342 g/mol. The van der Waals surface area contributed by atoms with Gasteiger partial charge in [0, 0.05) is 25.7 Å². The van der Waals surface area contributed by atoms with E-state index in [2.05, 4.69) is 10.6 Å². The molecular formula is C21H29N3O3. The van der Waals surface area contributed by atoms with Gasteiger partial charge in [0.15, 0.2) is 0 Å². The van der Waals surface area contributed by atoms with Crippen LogP contribution in [0, 0.1) is 0 Å². The quantitative estimate of drug-likeness (QED) is 0.528. The molecule has 0 spiro atoms. The highest BCUT2D eigenvalue weighted by Gasteiger charge is 2.16. The molecule has 0 fully saturated rings. The molecule has 1 atom stereocenters. The fourth-order valence-electron chi connectivity index (χ4n) is 2.72. The SMILES string of the molecule is CCOc1ccccc1CC(CNCCN)NC(=O)OCc1ccccc1. The average molecular weight is 371 g/mol. The van der Waals surface area contributed by atoms with E-state index >= 15 is 0 Å². The molecule has 6 heteroatoms. The molecule has 27 heavy (non-hydrogen) atoms. The van der Waals surface area contributed by atoms with E-state index in [-0.39, 0.29) is 12.6 Å². The standard InChI is InChI=1S/C21H29N3O3/c1-2-26-20-11-7-6-10-18(20)14-19(15-23-13-12-22)24-21(25)27-16-17-8-4-3-5-9-17/h3-11,19,23H,2,12-16,22H2,1H3,(H,24,25). The lowest BCUT2D eigenvalue weighted by molar-refractivity contribution is 0.135. The van der Waals surface area contributed by atoms with Crippen molar-refractivity contribution >= 4 is 6.09 Å². The van der Waals surface area contributed by atoms with Crippen molar-refractivity contribution in [3.63, 3.8) is 0 Å². The number of alkyl carbamates (subject to hydrolysis) is 1. The number of hydrogen-bond donors (Lipinski definition) is 3. The van der Waals surface area contributed by atoms with Crippen LogP contribution in [0.25, 0.3) is 0 Å². The van der Waals surface area contributed by atoms with Crippen LogP contribution >= 0.6 is 0 Å². The van der Waals surface area contributed by atoms with Gasteiger partial charge < -0.3 is 25.8 Å². The normalized spacial score (nSPS) is 11.6. The predicted molar refractivity (Wildman–Crippen MR) is 107 cm³/mol. The molecule has 0 bridgehead atoms. The zero-order chi connectivity index (χ0) is 19.3. The average Bonchev–Trinajstić information content (AvgIpc) is 2.69. The third-order valence-corrected chi connectivity index (χ3v) is 3.99. The summed E-state index contributed by atoms with van der Waals surface area (Å²) in [6.45, 7) is 4.62. The van der Waals surface area contributed by atoms with Gasteiger partial charge >= 0.3 is 6.09 Å². The van der Waals surface area contributed by atoms with Crippen LogP contribution in [0.15, 0.2) is 54.6 Å². The Bertz CT molecular complexity index is 679. The molecule has 1 unspecified atom stereocenters. The Kier molecular flexibility index (Phi) is 9.17. The Labute approximate surface area is 161 Å². The molecule has 0 radical (unpaired) electrons. The fraction of sp³-hybridized carbons (Fsp3) is 0.381. The van der Waals surface area contributed by atoms with E-state index < -0.39 is 6.09 Å². The number of para-hydroxylation sites is 1. The molecule has 6 nitrogen and oxygen atoms in total. The van der Waals surface area contributed by atoms with Crippen molar-refractivity contribution in [2.45, 2.75) is 26.0 Å². The summed E-state index contributed by atoms with van der Waals surface area (Å²) in [5.74, 6) is 0.836. The van der Waals surface area contributed by atoms with Gasteiger partial charge in [0.2, 0.25) is 0 Å². The van der Waals surface area contributed by atoms with E-state index in [0.717, 1.165) is 16.9 Å². The van der Waals surface area contributed by atoms with Gasteiger partial charge in [-0.2, -0.15) is 0 Å². The zero-order valence-electron chi connectivity index (χ0n) is 15.8. The highest BCUT2D eigenvalue weighted by atomic mass is 16.5. The lowest BCUT2D eigenvalue weighted by Crippen LogP contribution is -2.44. The van der Waals surface area contributed by atoms with Gasteiger partial charge in [-0.15, -0.1) is 0 Å². The summed E-state index contributed by atoms with van der Waals surface area (Å²) in [7, 11) is 0. The molecule has 2 aromatic carbocycles. The first-order chi connectivity index (χ1) is 13.2. The van der Waals surface area contributed by atoms with E-state index in [4.69, 9.17) is 15.2 Å². The summed E-state index contributed by atoms with van der Waals surface area (Å²) < 4.78 is 11.0. The minimum atomic E-state index is -0.438. The van der Waals surface area contributed by atoms with Crippen molar-refractivity contribution in [3.8, 4) is 5.75 Å². The molecule has 146 valence electrons. The first kappa shape index (κ1) is 20.7. The summed E-state index contributed by atoms with van der Waals surface area (Å²) in [5.41, 5.74) is 7.54. The lowest BCUT2D eigenvalue weighted by atomic mass is 10.0. The predicted octanol–water partition coefficient (Wildman–Crippen LogP) is 2.47. The van der Waals surface area contributed by atoms with Crippen molar-refractivity contribution in [1.29, 1.82) is 0 Å². The molecule has 0 saturated carbocycles. The maximum Gasteiger partial charge on any atom is 0.407 e. The molecule has 0 saturated heterocycles. The van der Waals surface area contributed by atoms with E-state index in [0.29, 0.717) is 32.7 Å². The number of carbonyl (C=O) groups excluding carboxylic acids is 1. The number of nitrogens with one attached hydrogen (secondary N) is 2. The molecule has 0 heterocycles. The lowest BCUT2D eigenvalue weighted by Gasteiger charge is -2.20. The van der Waals surface area contributed by atoms with Crippen molar-refractivity contribution < 1.29 is 14.3 Å². The molecule has 1 amide bonds. The molecule has 2 rings (SSSR count). The molecule has 0 aromatic heterocycles. The van der Waals surface area contributed by atoms with Gasteiger partial charge in [-0.25, -0.2) is 4.79 Å². The number of nitrogens with two attached hydrogens (primary N) is 1. The third-order valence-electron chi connectivity index (χ3n) is 3.99. The Morgan fingerprint density at radius 3 is 2.59 bits per heavy atom. The number of carbonyl (C=O) groups is 1. The molecule has 0 aliphatic rings. The van der Waals surface area contributed by atoms with E-state index in [1.807, 2.05) is 61.5 Å². The van der Waals surface area contributed by atoms with Crippen LogP contribution in [0.4, 0.5) is 4.79 Å². The number of benzene rings is 2. The second kappa shape index (κ2) is 11.9. The number of rotatable bonds is 11. The Hall–Kier alpha value is -2.57. The van der Waals surface area contributed by atoms with Crippen LogP contribution in [0.2, 0.25) is 0 Å². The van der Waals surface area contributed by atoms with Crippen molar-refractivity contribution in [2.75, 3.05) is 26.2 Å². The second-order valence-electron chi connectivity index (χ2n) is 6.14. The van der Waals surface area contributed by atoms with Gasteiger partial charge in [-0.05, 0) is 30.5 Å². The van der Waals surface area contributed by atoms with Gasteiger partial charge in [0.1, 0.15) is 12.4 Å². The molecule has 0 aliphatic heterocycles. The monoisotopic (exact) mass is 371 g/mol. The number of amides is 1. The summed E-state index contributed by atoms with van der Waals surface area (Å²) in [6, 6.07) is 17.3. The van der Waals surface area contributed by atoms with E-state index in [1.54, 1.807) is 0 Å².